The Morgan fingerprint density at radius 1 is 1.39 bits per heavy atom. The van der Waals surface area contributed by atoms with Gasteiger partial charge in [-0.3, -0.25) is 0 Å². The van der Waals surface area contributed by atoms with Crippen LogP contribution in [0.4, 0.5) is 0 Å². The molecule has 1 atom stereocenters. The molecular formula is C13H16BrN3O. The van der Waals surface area contributed by atoms with E-state index in [2.05, 4.69) is 33.0 Å². The Balaban J connectivity index is 2.13. The number of nitrogens with zero attached hydrogens (tertiary/aromatic N) is 2. The van der Waals surface area contributed by atoms with E-state index in [4.69, 9.17) is 10.3 Å². The molecule has 0 spiro atoms. The number of aromatic nitrogens is 2. The molecule has 4 nitrogen and oxygen atoms in total. The van der Waals surface area contributed by atoms with Gasteiger partial charge >= 0.3 is 0 Å². The van der Waals surface area contributed by atoms with Crippen LogP contribution in [0.3, 0.4) is 0 Å². The monoisotopic (exact) mass is 309 g/mol. The molecule has 0 saturated heterocycles. The maximum Gasteiger partial charge on any atom is 0.228 e. The van der Waals surface area contributed by atoms with Gasteiger partial charge in [-0.25, -0.2) is 0 Å². The van der Waals surface area contributed by atoms with E-state index in [0.29, 0.717) is 18.1 Å². The molecule has 0 amide bonds. The van der Waals surface area contributed by atoms with E-state index < -0.39 is 0 Å². The average Bonchev–Trinajstić information content (AvgIpc) is 2.78. The molecule has 1 unspecified atom stereocenters. The Hall–Kier alpha value is -1.20. The molecule has 0 saturated carbocycles. The lowest BCUT2D eigenvalue weighted by Crippen LogP contribution is -2.22. The third kappa shape index (κ3) is 3.17. The summed E-state index contributed by atoms with van der Waals surface area (Å²) in [5.41, 5.74) is 6.88. The minimum Gasteiger partial charge on any atom is -0.339 e. The quantitative estimate of drug-likeness (QED) is 0.921. The standard InChI is InChI=1S/C13H16BrN3O/c1-2-5-9(15)8-12-16-13(17-18-12)10-6-3-4-7-11(10)14/h3-4,6-7,9H,2,5,8,15H2,1H3. The van der Waals surface area contributed by atoms with Gasteiger partial charge in [-0.15, -0.1) is 0 Å². The number of hydrogen-bond acceptors (Lipinski definition) is 4. The fourth-order valence-corrected chi connectivity index (χ4v) is 2.25. The van der Waals surface area contributed by atoms with E-state index in [1.807, 2.05) is 24.3 Å². The summed E-state index contributed by atoms with van der Waals surface area (Å²) >= 11 is 3.47. The zero-order chi connectivity index (χ0) is 13.0. The molecule has 2 aromatic rings. The van der Waals surface area contributed by atoms with Gasteiger partial charge in [-0.05, 0) is 18.6 Å². The van der Waals surface area contributed by atoms with Crippen LogP contribution in [-0.4, -0.2) is 16.2 Å². The summed E-state index contributed by atoms with van der Waals surface area (Å²) in [5.74, 6) is 1.20. The SMILES string of the molecule is CCCC(N)Cc1nc(-c2ccccc2Br)no1. The number of nitrogens with two attached hydrogens (primary N) is 1. The van der Waals surface area contributed by atoms with Gasteiger partial charge in [-0.2, -0.15) is 4.98 Å². The third-order valence-electron chi connectivity index (χ3n) is 2.68. The van der Waals surface area contributed by atoms with Crippen LogP contribution < -0.4 is 5.73 Å². The van der Waals surface area contributed by atoms with E-state index in [-0.39, 0.29) is 6.04 Å². The predicted octanol–water partition coefficient (Wildman–Crippen LogP) is 3.17. The van der Waals surface area contributed by atoms with Gasteiger partial charge in [0.15, 0.2) is 0 Å². The van der Waals surface area contributed by atoms with Crippen LogP contribution in [0.25, 0.3) is 11.4 Å². The normalized spacial score (nSPS) is 12.6. The molecule has 0 aliphatic carbocycles. The highest BCUT2D eigenvalue weighted by Gasteiger charge is 2.13. The van der Waals surface area contributed by atoms with Crippen LogP contribution in [0.1, 0.15) is 25.7 Å². The Morgan fingerprint density at radius 3 is 2.89 bits per heavy atom. The van der Waals surface area contributed by atoms with Crippen molar-refractivity contribution in [3.8, 4) is 11.4 Å². The Morgan fingerprint density at radius 2 is 2.17 bits per heavy atom. The van der Waals surface area contributed by atoms with Crippen LogP contribution in [0.2, 0.25) is 0 Å². The Kier molecular flexibility index (Phi) is 4.49. The molecule has 1 heterocycles. The molecule has 5 heteroatoms. The molecule has 1 aromatic heterocycles. The van der Waals surface area contributed by atoms with Gasteiger partial charge in [0.2, 0.25) is 11.7 Å². The molecule has 0 aliphatic rings. The first-order chi connectivity index (χ1) is 8.70. The minimum atomic E-state index is 0.0857. The first-order valence-electron chi connectivity index (χ1n) is 6.03. The maximum absolute atomic E-state index is 5.96. The van der Waals surface area contributed by atoms with Crippen molar-refractivity contribution in [1.29, 1.82) is 0 Å². The third-order valence-corrected chi connectivity index (χ3v) is 3.37. The second-order valence-corrected chi connectivity index (χ2v) is 5.10. The van der Waals surface area contributed by atoms with Gasteiger partial charge in [0.25, 0.3) is 0 Å². The van der Waals surface area contributed by atoms with Crippen molar-refractivity contribution in [3.63, 3.8) is 0 Å². The number of rotatable bonds is 5. The summed E-state index contributed by atoms with van der Waals surface area (Å²) in [4.78, 5) is 4.38. The Labute approximate surface area is 115 Å². The second kappa shape index (κ2) is 6.11. The molecular weight excluding hydrogens is 294 g/mol. The van der Waals surface area contributed by atoms with Gasteiger partial charge in [0.1, 0.15) is 0 Å². The van der Waals surface area contributed by atoms with Crippen molar-refractivity contribution >= 4 is 15.9 Å². The zero-order valence-electron chi connectivity index (χ0n) is 10.3. The van der Waals surface area contributed by atoms with E-state index in [1.165, 1.54) is 0 Å². The molecule has 0 bridgehead atoms. The van der Waals surface area contributed by atoms with E-state index in [1.54, 1.807) is 0 Å². The number of halogens is 1. The van der Waals surface area contributed by atoms with Crippen LogP contribution in [0, 0.1) is 0 Å². The molecule has 1 aromatic carbocycles. The first-order valence-corrected chi connectivity index (χ1v) is 6.83. The highest BCUT2D eigenvalue weighted by atomic mass is 79.9. The number of hydrogen-bond donors (Lipinski definition) is 1. The van der Waals surface area contributed by atoms with Crippen LogP contribution in [-0.2, 0) is 6.42 Å². The molecule has 18 heavy (non-hydrogen) atoms. The molecule has 0 radical (unpaired) electrons. The average molecular weight is 310 g/mol. The van der Waals surface area contributed by atoms with Gasteiger partial charge in [0, 0.05) is 22.5 Å². The smallest absolute Gasteiger partial charge is 0.228 e. The largest absolute Gasteiger partial charge is 0.339 e. The molecule has 2 N–H and O–H groups in total. The summed E-state index contributed by atoms with van der Waals surface area (Å²) in [7, 11) is 0. The molecule has 0 fully saturated rings. The number of benzene rings is 1. The van der Waals surface area contributed by atoms with Gasteiger partial charge in [-0.1, -0.05) is 46.6 Å². The first kappa shape index (κ1) is 13.2. The Bertz CT molecular complexity index is 512. The topological polar surface area (TPSA) is 64.9 Å². The van der Waals surface area contributed by atoms with Crippen LogP contribution in [0.15, 0.2) is 33.3 Å². The van der Waals surface area contributed by atoms with Crippen molar-refractivity contribution in [2.45, 2.75) is 32.2 Å². The van der Waals surface area contributed by atoms with Crippen LogP contribution in [0.5, 0.6) is 0 Å². The van der Waals surface area contributed by atoms with Crippen molar-refractivity contribution in [2.24, 2.45) is 5.73 Å². The minimum absolute atomic E-state index is 0.0857. The maximum atomic E-state index is 5.96. The molecule has 2 rings (SSSR count). The summed E-state index contributed by atoms with van der Waals surface area (Å²) < 4.78 is 6.18. The molecule has 96 valence electrons. The highest BCUT2D eigenvalue weighted by Crippen LogP contribution is 2.25. The summed E-state index contributed by atoms with van der Waals surface area (Å²) in [5, 5.41) is 3.99. The lowest BCUT2D eigenvalue weighted by molar-refractivity contribution is 0.366. The van der Waals surface area contributed by atoms with Gasteiger partial charge in [0.05, 0.1) is 0 Å². The van der Waals surface area contributed by atoms with Gasteiger partial charge < -0.3 is 10.3 Å². The van der Waals surface area contributed by atoms with E-state index in [0.717, 1.165) is 22.9 Å². The predicted molar refractivity (Wildman–Crippen MR) is 74.0 cm³/mol. The fraction of sp³-hybridized carbons (Fsp3) is 0.385. The van der Waals surface area contributed by atoms with Crippen molar-refractivity contribution < 1.29 is 4.52 Å². The van der Waals surface area contributed by atoms with Crippen molar-refractivity contribution in [2.75, 3.05) is 0 Å². The zero-order valence-corrected chi connectivity index (χ0v) is 11.9. The second-order valence-electron chi connectivity index (χ2n) is 4.24. The van der Waals surface area contributed by atoms with Crippen molar-refractivity contribution in [3.05, 3.63) is 34.6 Å². The van der Waals surface area contributed by atoms with Crippen LogP contribution >= 0.6 is 15.9 Å². The summed E-state index contributed by atoms with van der Waals surface area (Å²) in [6.45, 7) is 2.11. The lowest BCUT2D eigenvalue weighted by Gasteiger charge is -2.05. The van der Waals surface area contributed by atoms with Crippen molar-refractivity contribution in [1.82, 2.24) is 10.1 Å². The fourth-order valence-electron chi connectivity index (χ4n) is 1.79. The lowest BCUT2D eigenvalue weighted by atomic mass is 10.1. The molecule has 0 aliphatic heterocycles. The van der Waals surface area contributed by atoms with E-state index in [9.17, 15) is 0 Å². The summed E-state index contributed by atoms with van der Waals surface area (Å²) in [6, 6.07) is 7.88. The summed E-state index contributed by atoms with van der Waals surface area (Å²) in [6.07, 6.45) is 2.66. The van der Waals surface area contributed by atoms with E-state index >= 15 is 0 Å². The highest BCUT2D eigenvalue weighted by molar-refractivity contribution is 9.10.